The van der Waals surface area contributed by atoms with Gasteiger partial charge in [0, 0.05) is 0 Å². The molecule has 12 heavy (non-hydrogen) atoms. The Balaban J connectivity index is -0.000000405. The van der Waals surface area contributed by atoms with Gasteiger partial charge in [0.15, 0.2) is 0 Å². The number of carbonyl (C=O) groups is 1. The third-order valence-corrected chi connectivity index (χ3v) is 1.29. The molecule has 0 rings (SSSR count). The minimum atomic E-state index is -0.933. The van der Waals surface area contributed by atoms with E-state index >= 15 is 0 Å². The summed E-state index contributed by atoms with van der Waals surface area (Å²) in [5.74, 6) is -0.933. The molecule has 5 nitrogen and oxygen atoms in total. The van der Waals surface area contributed by atoms with Gasteiger partial charge in [0.1, 0.15) is 6.04 Å². The van der Waals surface area contributed by atoms with E-state index in [1.807, 2.05) is 0 Å². The Morgan fingerprint density at radius 3 is 2.25 bits per heavy atom. The van der Waals surface area contributed by atoms with E-state index < -0.39 is 12.0 Å². The minimum absolute atomic E-state index is 0. The molecule has 0 aromatic heterocycles. The van der Waals surface area contributed by atoms with E-state index in [0.29, 0.717) is 13.0 Å². The number of rotatable bonds is 5. The van der Waals surface area contributed by atoms with Gasteiger partial charge >= 0.3 is 25.4 Å². The molecule has 0 fully saturated rings. The zero-order valence-corrected chi connectivity index (χ0v) is 10.00. The van der Waals surface area contributed by atoms with Gasteiger partial charge in [-0.05, 0) is 19.4 Å². The molecule has 0 spiro atoms. The van der Waals surface area contributed by atoms with Crippen LogP contribution in [0.1, 0.15) is 19.3 Å². The van der Waals surface area contributed by atoms with Crippen molar-refractivity contribution in [2.45, 2.75) is 25.3 Å². The van der Waals surface area contributed by atoms with Crippen LogP contribution in [0.15, 0.2) is 0 Å². The number of aliphatic carboxylic acids is 1. The number of carboxylic acids is 1. The molecule has 6 heteroatoms. The molecule has 0 amide bonds. The molecule has 0 saturated carbocycles. The summed E-state index contributed by atoms with van der Waals surface area (Å²) in [6, 6.07) is -0.716. The third kappa shape index (κ3) is 9.97. The monoisotopic (exact) mass is 226 g/mol. The van der Waals surface area contributed by atoms with E-state index in [2.05, 4.69) is 0 Å². The summed E-state index contributed by atoms with van der Waals surface area (Å²) >= 11 is 0. The van der Waals surface area contributed by atoms with Crippen molar-refractivity contribution in [1.82, 2.24) is 0 Å². The van der Waals surface area contributed by atoms with Crippen molar-refractivity contribution in [3.8, 4) is 0 Å². The molecular weight excluding hydrogens is 213 g/mol. The number of nitrogens with two attached hydrogens (primary N) is 2. The van der Waals surface area contributed by atoms with Crippen LogP contribution in [-0.4, -0.2) is 23.7 Å². The van der Waals surface area contributed by atoms with Gasteiger partial charge in [-0.1, -0.05) is 6.42 Å². The van der Waals surface area contributed by atoms with Crippen LogP contribution in [0, 0.1) is 0 Å². The first-order valence-electron chi connectivity index (χ1n) is 3.37. The number of carboxylic acid groups (broad SMARTS) is 1. The second-order valence-electron chi connectivity index (χ2n) is 2.23. The standard InChI is InChI=1S/C6H14N2O2.O.Zn/c7-4-2-1-3-5(8)6(9)10;;/h5H,1-4,7-8H2,(H,9,10);;/q;-2;+2/t5-;;/m0../s1. The van der Waals surface area contributed by atoms with Gasteiger partial charge < -0.3 is 22.1 Å². The quantitative estimate of drug-likeness (QED) is 0.429. The summed E-state index contributed by atoms with van der Waals surface area (Å²) < 4.78 is 0. The van der Waals surface area contributed by atoms with Crippen molar-refractivity contribution in [3.63, 3.8) is 0 Å². The van der Waals surface area contributed by atoms with Gasteiger partial charge in [-0.25, -0.2) is 0 Å². The van der Waals surface area contributed by atoms with E-state index in [-0.39, 0.29) is 25.0 Å². The van der Waals surface area contributed by atoms with Gasteiger partial charge in [-0.15, -0.1) is 0 Å². The van der Waals surface area contributed by atoms with Crippen LogP contribution in [-0.2, 0) is 29.7 Å². The molecule has 5 N–H and O–H groups in total. The second-order valence-corrected chi connectivity index (χ2v) is 2.23. The van der Waals surface area contributed by atoms with E-state index in [0.717, 1.165) is 12.8 Å². The number of hydrogen-bond donors (Lipinski definition) is 3. The molecule has 0 aliphatic rings. The van der Waals surface area contributed by atoms with Crippen molar-refractivity contribution >= 4 is 5.97 Å². The normalized spacial score (nSPS) is 10.8. The predicted octanol–water partition coefficient (Wildman–Crippen LogP) is -0.594. The fourth-order valence-corrected chi connectivity index (χ4v) is 0.632. The van der Waals surface area contributed by atoms with Crippen LogP contribution in [0.2, 0.25) is 0 Å². The summed E-state index contributed by atoms with van der Waals surface area (Å²) in [6.07, 6.45) is 2.16. The van der Waals surface area contributed by atoms with Crippen molar-refractivity contribution in [3.05, 3.63) is 0 Å². The smallest absolute Gasteiger partial charge is 2.00 e. The molecular formula is C6H14N2O3Zn. The van der Waals surface area contributed by atoms with Crippen LogP contribution in [0.4, 0.5) is 0 Å². The Morgan fingerprint density at radius 2 is 1.92 bits per heavy atom. The fraction of sp³-hybridized carbons (Fsp3) is 0.833. The maximum atomic E-state index is 10.1. The zero-order chi connectivity index (χ0) is 7.98. The number of unbranched alkanes of at least 4 members (excludes halogenated alkanes) is 1. The van der Waals surface area contributed by atoms with Gasteiger partial charge in [-0.2, -0.15) is 0 Å². The topological polar surface area (TPSA) is 118 Å². The van der Waals surface area contributed by atoms with Crippen LogP contribution in [0.3, 0.4) is 0 Å². The molecule has 0 unspecified atom stereocenters. The summed E-state index contributed by atoms with van der Waals surface area (Å²) in [5, 5.41) is 8.33. The van der Waals surface area contributed by atoms with Crippen LogP contribution in [0.25, 0.3) is 0 Å². The Hall–Kier alpha value is -0.0266. The minimum Gasteiger partial charge on any atom is -2.00 e. The Kier molecular flexibility index (Phi) is 16.4. The summed E-state index contributed by atoms with van der Waals surface area (Å²) in [6.45, 7) is 0.604. The maximum Gasteiger partial charge on any atom is 2.00 e. The summed E-state index contributed by atoms with van der Waals surface area (Å²) in [5.41, 5.74) is 10.4. The van der Waals surface area contributed by atoms with Gasteiger partial charge in [0.2, 0.25) is 0 Å². The summed E-state index contributed by atoms with van der Waals surface area (Å²) in [4.78, 5) is 10.1. The van der Waals surface area contributed by atoms with E-state index in [9.17, 15) is 4.79 Å². The molecule has 0 radical (unpaired) electrons. The van der Waals surface area contributed by atoms with E-state index in [1.165, 1.54) is 0 Å². The largest absolute Gasteiger partial charge is 2.00 e. The Labute approximate surface area is 84.6 Å². The maximum absolute atomic E-state index is 10.1. The summed E-state index contributed by atoms with van der Waals surface area (Å²) in [7, 11) is 0. The van der Waals surface area contributed by atoms with E-state index in [4.69, 9.17) is 16.6 Å². The molecule has 0 saturated heterocycles. The Bertz CT molecular complexity index is 113. The van der Waals surface area contributed by atoms with Crippen LogP contribution < -0.4 is 11.5 Å². The molecule has 68 valence electrons. The molecule has 0 aliphatic carbocycles. The predicted molar refractivity (Wildman–Crippen MR) is 39.2 cm³/mol. The molecule has 0 bridgehead atoms. The zero-order valence-electron chi connectivity index (χ0n) is 7.03. The first-order chi connectivity index (χ1) is 4.68. The molecule has 0 heterocycles. The SMILES string of the molecule is NCCCC[C@H](N)C(=O)O.[O-2].[Zn+2]. The first kappa shape index (κ1) is 17.9. The van der Waals surface area contributed by atoms with Crippen LogP contribution >= 0.6 is 0 Å². The van der Waals surface area contributed by atoms with Crippen molar-refractivity contribution in [2.75, 3.05) is 6.54 Å². The third-order valence-electron chi connectivity index (χ3n) is 1.29. The molecule has 0 aromatic carbocycles. The molecule has 1 atom stereocenters. The van der Waals surface area contributed by atoms with Gasteiger partial charge in [0.25, 0.3) is 0 Å². The average Bonchev–Trinajstić information content (AvgIpc) is 1.88. The second kappa shape index (κ2) is 11.0. The van der Waals surface area contributed by atoms with Crippen molar-refractivity contribution in [2.24, 2.45) is 11.5 Å². The Morgan fingerprint density at radius 1 is 1.42 bits per heavy atom. The molecule has 0 aliphatic heterocycles. The van der Waals surface area contributed by atoms with Gasteiger partial charge in [0.05, 0.1) is 0 Å². The number of hydrogen-bond acceptors (Lipinski definition) is 3. The molecule has 0 aromatic rings. The first-order valence-corrected chi connectivity index (χ1v) is 3.37. The van der Waals surface area contributed by atoms with Gasteiger partial charge in [-0.3, -0.25) is 4.79 Å². The van der Waals surface area contributed by atoms with Crippen molar-refractivity contribution < 1.29 is 34.9 Å². The van der Waals surface area contributed by atoms with Crippen molar-refractivity contribution in [1.29, 1.82) is 0 Å². The van der Waals surface area contributed by atoms with E-state index in [1.54, 1.807) is 0 Å². The fourth-order valence-electron chi connectivity index (χ4n) is 0.632. The average molecular weight is 228 g/mol. The van der Waals surface area contributed by atoms with Crippen LogP contribution in [0.5, 0.6) is 0 Å².